The monoisotopic (exact) mass is 475 g/mol. The number of hydrogen-bond acceptors (Lipinski definition) is 7. The molecule has 0 saturated carbocycles. The topological polar surface area (TPSA) is 91.2 Å². The second kappa shape index (κ2) is 11.3. The van der Waals surface area contributed by atoms with E-state index in [1.54, 1.807) is 12.4 Å². The highest BCUT2D eigenvalue weighted by molar-refractivity contribution is 7.99. The molecule has 2 heterocycles. The van der Waals surface area contributed by atoms with Gasteiger partial charge in [0, 0.05) is 29.3 Å². The van der Waals surface area contributed by atoms with Crippen LogP contribution in [-0.2, 0) is 4.79 Å². The van der Waals surface area contributed by atoms with E-state index < -0.39 is 0 Å². The van der Waals surface area contributed by atoms with Crippen LogP contribution in [0.5, 0.6) is 11.5 Å². The van der Waals surface area contributed by atoms with Crippen LogP contribution in [0.4, 0.5) is 5.69 Å². The third-order valence-corrected chi connectivity index (χ3v) is 5.69. The van der Waals surface area contributed by atoms with E-state index in [1.807, 2.05) is 79.1 Å². The summed E-state index contributed by atoms with van der Waals surface area (Å²) in [6.07, 6.45) is 3.42. The average Bonchev–Trinajstić information content (AvgIpc) is 3.29. The lowest BCUT2D eigenvalue weighted by molar-refractivity contribution is -0.113. The van der Waals surface area contributed by atoms with Crippen LogP contribution in [-0.4, -0.2) is 44.6 Å². The normalized spacial score (nSPS) is 10.6. The van der Waals surface area contributed by atoms with Crippen molar-refractivity contribution in [1.82, 2.24) is 19.7 Å². The third kappa shape index (κ3) is 5.74. The quantitative estimate of drug-likeness (QED) is 0.328. The molecule has 0 aliphatic heterocycles. The van der Waals surface area contributed by atoms with Crippen molar-refractivity contribution in [1.29, 1.82) is 0 Å². The average molecular weight is 476 g/mol. The summed E-state index contributed by atoms with van der Waals surface area (Å²) in [5.74, 6) is 2.26. The molecule has 1 N–H and O–H groups in total. The van der Waals surface area contributed by atoms with E-state index >= 15 is 0 Å². The Kier molecular flexibility index (Phi) is 7.77. The van der Waals surface area contributed by atoms with Crippen molar-refractivity contribution in [2.24, 2.45) is 0 Å². The Hall–Kier alpha value is -3.85. The van der Waals surface area contributed by atoms with Gasteiger partial charge in [0.05, 0.1) is 19.0 Å². The first-order valence-corrected chi connectivity index (χ1v) is 11.9. The van der Waals surface area contributed by atoms with Gasteiger partial charge in [0.2, 0.25) is 5.91 Å². The molecule has 1 amide bonds. The minimum Gasteiger partial charge on any atom is -0.494 e. The van der Waals surface area contributed by atoms with E-state index in [1.165, 1.54) is 11.8 Å². The van der Waals surface area contributed by atoms with E-state index in [0.717, 1.165) is 22.7 Å². The fourth-order valence-corrected chi connectivity index (χ4v) is 4.02. The number of nitrogens with zero attached hydrogens (tertiary/aromatic N) is 4. The van der Waals surface area contributed by atoms with Crippen LogP contribution in [0.2, 0.25) is 0 Å². The Bertz CT molecular complexity index is 1210. The van der Waals surface area contributed by atoms with Crippen molar-refractivity contribution >= 4 is 23.4 Å². The van der Waals surface area contributed by atoms with Gasteiger partial charge in [0.15, 0.2) is 11.0 Å². The molecule has 0 unspecified atom stereocenters. The molecular weight excluding hydrogens is 450 g/mol. The zero-order valence-electron chi connectivity index (χ0n) is 19.0. The van der Waals surface area contributed by atoms with Crippen LogP contribution >= 0.6 is 11.8 Å². The van der Waals surface area contributed by atoms with Gasteiger partial charge >= 0.3 is 0 Å². The highest BCUT2D eigenvalue weighted by atomic mass is 32.2. The number of benzene rings is 2. The van der Waals surface area contributed by atoms with Crippen molar-refractivity contribution in [3.63, 3.8) is 0 Å². The number of amides is 1. The highest BCUT2D eigenvalue weighted by Crippen LogP contribution is 2.29. The maximum atomic E-state index is 12.6. The third-order valence-electron chi connectivity index (χ3n) is 4.76. The van der Waals surface area contributed by atoms with E-state index in [4.69, 9.17) is 9.47 Å². The zero-order valence-corrected chi connectivity index (χ0v) is 19.8. The summed E-state index contributed by atoms with van der Waals surface area (Å²) in [5.41, 5.74) is 2.45. The Labute approximate surface area is 202 Å². The fourth-order valence-electron chi connectivity index (χ4n) is 3.27. The second-order valence-electron chi connectivity index (χ2n) is 7.10. The minimum absolute atomic E-state index is 0.138. The summed E-state index contributed by atoms with van der Waals surface area (Å²) in [6, 6.07) is 18.8. The second-order valence-corrected chi connectivity index (χ2v) is 8.04. The molecule has 0 radical (unpaired) electrons. The molecule has 4 rings (SSSR count). The van der Waals surface area contributed by atoms with Gasteiger partial charge in [-0.3, -0.25) is 14.3 Å². The van der Waals surface area contributed by atoms with Gasteiger partial charge in [-0.1, -0.05) is 11.8 Å². The van der Waals surface area contributed by atoms with Crippen LogP contribution in [0.15, 0.2) is 78.2 Å². The summed E-state index contributed by atoms with van der Waals surface area (Å²) in [7, 11) is 0. The van der Waals surface area contributed by atoms with Gasteiger partial charge < -0.3 is 14.8 Å². The summed E-state index contributed by atoms with van der Waals surface area (Å²) in [6.45, 7) is 5.07. The molecule has 0 bridgehead atoms. The number of aromatic nitrogens is 4. The van der Waals surface area contributed by atoms with Gasteiger partial charge in [0.25, 0.3) is 0 Å². The number of thioether (sulfide) groups is 1. The first-order chi connectivity index (χ1) is 16.7. The molecule has 9 heteroatoms. The smallest absolute Gasteiger partial charge is 0.234 e. The van der Waals surface area contributed by atoms with Crippen LogP contribution in [0, 0.1) is 0 Å². The standard InChI is InChI=1S/C25H25N5O3S/c1-3-32-21-9-5-19(6-10-21)27-23(31)17-34-25-29-28-24(18-13-15-26-16-14-18)30(25)20-7-11-22(12-8-20)33-4-2/h5-16H,3-4,17H2,1-2H3,(H,27,31). The number of nitrogens with one attached hydrogen (secondary N) is 1. The molecule has 4 aromatic rings. The van der Waals surface area contributed by atoms with Crippen LogP contribution in [0.1, 0.15) is 13.8 Å². The lowest BCUT2D eigenvalue weighted by atomic mass is 10.2. The van der Waals surface area contributed by atoms with Crippen molar-refractivity contribution in [2.45, 2.75) is 19.0 Å². The lowest BCUT2D eigenvalue weighted by Crippen LogP contribution is -2.14. The van der Waals surface area contributed by atoms with E-state index in [9.17, 15) is 4.79 Å². The van der Waals surface area contributed by atoms with E-state index in [0.29, 0.717) is 29.9 Å². The summed E-state index contributed by atoms with van der Waals surface area (Å²) in [5, 5.41) is 12.3. The highest BCUT2D eigenvalue weighted by Gasteiger charge is 2.17. The molecular formula is C25H25N5O3S. The number of hydrogen-bond donors (Lipinski definition) is 1. The van der Waals surface area contributed by atoms with Crippen LogP contribution < -0.4 is 14.8 Å². The van der Waals surface area contributed by atoms with E-state index in [-0.39, 0.29) is 11.7 Å². The number of pyridine rings is 1. The molecule has 34 heavy (non-hydrogen) atoms. The van der Waals surface area contributed by atoms with Gasteiger partial charge in [-0.05, 0) is 74.5 Å². The predicted molar refractivity (Wildman–Crippen MR) is 133 cm³/mol. The molecule has 0 aliphatic carbocycles. The molecule has 2 aromatic heterocycles. The molecule has 0 aliphatic rings. The fraction of sp³-hybridized carbons (Fsp3) is 0.200. The summed E-state index contributed by atoms with van der Waals surface area (Å²) in [4.78, 5) is 16.7. The molecule has 174 valence electrons. The number of carbonyl (C=O) groups excluding carboxylic acids is 1. The van der Waals surface area contributed by atoms with Crippen molar-refractivity contribution in [3.8, 4) is 28.6 Å². The largest absolute Gasteiger partial charge is 0.494 e. The first kappa shape index (κ1) is 23.3. The van der Waals surface area contributed by atoms with Crippen molar-refractivity contribution in [3.05, 3.63) is 73.1 Å². The molecule has 2 aromatic carbocycles. The Morgan fingerprint density at radius 1 is 0.882 bits per heavy atom. The van der Waals surface area contributed by atoms with Crippen molar-refractivity contribution < 1.29 is 14.3 Å². The van der Waals surface area contributed by atoms with Crippen LogP contribution in [0.25, 0.3) is 17.1 Å². The Balaban J connectivity index is 1.53. The number of carbonyl (C=O) groups is 1. The van der Waals surface area contributed by atoms with Crippen molar-refractivity contribution in [2.75, 3.05) is 24.3 Å². The Morgan fingerprint density at radius 3 is 2.12 bits per heavy atom. The molecule has 0 atom stereocenters. The SMILES string of the molecule is CCOc1ccc(NC(=O)CSc2nnc(-c3ccncc3)n2-c2ccc(OCC)cc2)cc1. The molecule has 0 spiro atoms. The Morgan fingerprint density at radius 2 is 1.50 bits per heavy atom. The first-order valence-electron chi connectivity index (χ1n) is 10.9. The zero-order chi connectivity index (χ0) is 23.8. The predicted octanol–water partition coefficient (Wildman–Crippen LogP) is 4.86. The van der Waals surface area contributed by atoms with Crippen LogP contribution in [0.3, 0.4) is 0 Å². The molecule has 0 saturated heterocycles. The van der Waals surface area contributed by atoms with Gasteiger partial charge in [-0.2, -0.15) is 0 Å². The lowest BCUT2D eigenvalue weighted by Gasteiger charge is -2.11. The van der Waals surface area contributed by atoms with E-state index in [2.05, 4.69) is 20.5 Å². The summed E-state index contributed by atoms with van der Waals surface area (Å²) < 4.78 is 12.9. The maximum absolute atomic E-state index is 12.6. The molecule has 0 fully saturated rings. The minimum atomic E-state index is -0.138. The number of ether oxygens (including phenoxy) is 2. The summed E-state index contributed by atoms with van der Waals surface area (Å²) >= 11 is 1.32. The van der Waals surface area contributed by atoms with Gasteiger partial charge in [-0.15, -0.1) is 10.2 Å². The van der Waals surface area contributed by atoms with Gasteiger partial charge in [0.1, 0.15) is 11.5 Å². The number of rotatable bonds is 10. The maximum Gasteiger partial charge on any atom is 0.234 e. The molecule has 8 nitrogen and oxygen atoms in total. The number of anilines is 1. The van der Waals surface area contributed by atoms with Gasteiger partial charge in [-0.25, -0.2) is 0 Å².